The van der Waals surface area contributed by atoms with Gasteiger partial charge in [0.25, 0.3) is 0 Å². The van der Waals surface area contributed by atoms with Crippen molar-refractivity contribution >= 4 is 10.8 Å². The number of benzene rings is 4. The molecule has 0 fully saturated rings. The lowest BCUT2D eigenvalue weighted by Gasteiger charge is -2.04. The quantitative estimate of drug-likeness (QED) is 0.382. The molecule has 0 bridgehead atoms. The lowest BCUT2D eigenvalue weighted by molar-refractivity contribution is 0.415. The van der Waals surface area contributed by atoms with Gasteiger partial charge < -0.3 is 4.74 Å². The second-order valence-corrected chi connectivity index (χ2v) is 6.38. The highest BCUT2D eigenvalue weighted by Gasteiger charge is 2.04. The van der Waals surface area contributed by atoms with E-state index in [1.165, 1.54) is 12.1 Å². The predicted octanol–water partition coefficient (Wildman–Crippen LogP) is 6.19. The largest absolute Gasteiger partial charge is 0.497 e. The molecule has 0 N–H and O–H groups in total. The average Bonchev–Trinajstić information content (AvgIpc) is 2.73. The highest BCUT2D eigenvalue weighted by Crippen LogP contribution is 2.23. The number of rotatable bonds is 2. The Bertz CT molecular complexity index is 1200. The standard InChI is InChI=1S/C25H16F2O/c1-28-23-12-10-20(11-13-23)19-7-4-17(5-8-19)2-3-18-6-9-21-15-24(26)25(27)16-22(21)14-18/h4-16H,1H3. The van der Waals surface area contributed by atoms with E-state index in [2.05, 4.69) is 11.8 Å². The smallest absolute Gasteiger partial charge is 0.159 e. The van der Waals surface area contributed by atoms with Gasteiger partial charge in [-0.05, 0) is 70.4 Å². The van der Waals surface area contributed by atoms with Gasteiger partial charge in [-0.1, -0.05) is 42.2 Å². The summed E-state index contributed by atoms with van der Waals surface area (Å²) in [7, 11) is 1.65. The molecule has 1 nitrogen and oxygen atoms in total. The van der Waals surface area contributed by atoms with Crippen LogP contribution in [0.25, 0.3) is 21.9 Å². The van der Waals surface area contributed by atoms with Crippen molar-refractivity contribution in [2.24, 2.45) is 0 Å². The van der Waals surface area contributed by atoms with Crippen molar-refractivity contribution in [1.29, 1.82) is 0 Å². The molecule has 4 rings (SSSR count). The molecule has 0 aliphatic heterocycles. The van der Waals surface area contributed by atoms with Crippen LogP contribution in [0.15, 0.2) is 78.9 Å². The van der Waals surface area contributed by atoms with Gasteiger partial charge in [-0.15, -0.1) is 0 Å². The molecule has 28 heavy (non-hydrogen) atoms. The molecule has 4 aromatic carbocycles. The van der Waals surface area contributed by atoms with E-state index in [0.717, 1.165) is 28.0 Å². The fraction of sp³-hybridized carbons (Fsp3) is 0.0400. The molecule has 4 aromatic rings. The Morgan fingerprint density at radius 2 is 1.14 bits per heavy atom. The minimum absolute atomic E-state index is 0.626. The van der Waals surface area contributed by atoms with Crippen molar-refractivity contribution in [2.45, 2.75) is 0 Å². The van der Waals surface area contributed by atoms with Crippen LogP contribution < -0.4 is 4.74 Å². The average molecular weight is 370 g/mol. The van der Waals surface area contributed by atoms with Crippen molar-refractivity contribution in [2.75, 3.05) is 7.11 Å². The number of ether oxygens (including phenoxy) is 1. The van der Waals surface area contributed by atoms with Crippen LogP contribution in [0.3, 0.4) is 0 Å². The maximum Gasteiger partial charge on any atom is 0.159 e. The lowest BCUT2D eigenvalue weighted by atomic mass is 10.0. The van der Waals surface area contributed by atoms with Gasteiger partial charge in [-0.25, -0.2) is 8.78 Å². The molecule has 0 heterocycles. The first-order valence-corrected chi connectivity index (χ1v) is 8.78. The first-order chi connectivity index (χ1) is 13.6. The number of methoxy groups -OCH3 is 1. The topological polar surface area (TPSA) is 9.23 Å². The van der Waals surface area contributed by atoms with Crippen LogP contribution in [0.1, 0.15) is 11.1 Å². The molecular formula is C25H16F2O. The molecule has 3 heteroatoms. The molecule has 0 spiro atoms. The SMILES string of the molecule is COc1ccc(-c2ccc(C#Cc3ccc4cc(F)c(F)cc4c3)cc2)cc1. The molecule has 0 aromatic heterocycles. The lowest BCUT2D eigenvalue weighted by Crippen LogP contribution is -1.85. The normalized spacial score (nSPS) is 10.4. The van der Waals surface area contributed by atoms with Gasteiger partial charge in [0, 0.05) is 11.1 Å². The van der Waals surface area contributed by atoms with Crippen molar-refractivity contribution in [3.63, 3.8) is 0 Å². The summed E-state index contributed by atoms with van der Waals surface area (Å²) in [4.78, 5) is 0. The third-order valence-corrected chi connectivity index (χ3v) is 4.54. The van der Waals surface area contributed by atoms with Crippen molar-refractivity contribution in [3.8, 4) is 28.7 Å². The Morgan fingerprint density at radius 1 is 0.607 bits per heavy atom. The molecule has 0 aliphatic carbocycles. The van der Waals surface area contributed by atoms with E-state index >= 15 is 0 Å². The van der Waals surface area contributed by atoms with Gasteiger partial charge in [-0.3, -0.25) is 0 Å². The Balaban J connectivity index is 1.57. The highest BCUT2D eigenvalue weighted by molar-refractivity contribution is 5.84. The maximum absolute atomic E-state index is 13.4. The van der Waals surface area contributed by atoms with Crippen molar-refractivity contribution in [1.82, 2.24) is 0 Å². The zero-order valence-corrected chi connectivity index (χ0v) is 15.2. The number of hydrogen-bond donors (Lipinski definition) is 0. The third kappa shape index (κ3) is 3.72. The van der Waals surface area contributed by atoms with Crippen LogP contribution in [0.4, 0.5) is 8.78 Å². The van der Waals surface area contributed by atoms with Gasteiger partial charge in [0.2, 0.25) is 0 Å². The monoisotopic (exact) mass is 370 g/mol. The molecule has 0 saturated carbocycles. The first-order valence-electron chi connectivity index (χ1n) is 8.78. The highest BCUT2D eigenvalue weighted by atomic mass is 19.2. The molecular weight excluding hydrogens is 354 g/mol. The molecule has 0 aliphatic rings. The number of fused-ring (bicyclic) bond motifs is 1. The summed E-state index contributed by atoms with van der Waals surface area (Å²) in [5.41, 5.74) is 3.82. The summed E-state index contributed by atoms with van der Waals surface area (Å²) >= 11 is 0. The van der Waals surface area contributed by atoms with Crippen LogP contribution in [0.5, 0.6) is 5.75 Å². The molecule has 136 valence electrons. The van der Waals surface area contributed by atoms with E-state index in [4.69, 9.17) is 4.74 Å². The van der Waals surface area contributed by atoms with Gasteiger partial charge in [-0.2, -0.15) is 0 Å². The Hall–Kier alpha value is -3.64. The second kappa shape index (κ2) is 7.54. The Kier molecular flexibility index (Phi) is 4.78. The van der Waals surface area contributed by atoms with Gasteiger partial charge in [0.1, 0.15) is 5.75 Å². The van der Waals surface area contributed by atoms with Gasteiger partial charge in [0.05, 0.1) is 7.11 Å². The molecule has 0 saturated heterocycles. The predicted molar refractivity (Wildman–Crippen MR) is 108 cm³/mol. The first kappa shape index (κ1) is 17.8. The van der Waals surface area contributed by atoms with Crippen molar-refractivity contribution in [3.05, 3.63) is 102 Å². The van der Waals surface area contributed by atoms with E-state index in [1.807, 2.05) is 48.5 Å². The Labute approximate surface area is 162 Å². The van der Waals surface area contributed by atoms with E-state index in [1.54, 1.807) is 25.3 Å². The molecule has 0 radical (unpaired) electrons. The van der Waals surface area contributed by atoms with Crippen LogP contribution in [-0.2, 0) is 0 Å². The zero-order valence-electron chi connectivity index (χ0n) is 15.2. The minimum atomic E-state index is -0.855. The zero-order chi connectivity index (χ0) is 19.5. The summed E-state index contributed by atoms with van der Waals surface area (Å²) < 4.78 is 31.9. The van der Waals surface area contributed by atoms with Crippen molar-refractivity contribution < 1.29 is 13.5 Å². The van der Waals surface area contributed by atoms with E-state index in [9.17, 15) is 8.78 Å². The van der Waals surface area contributed by atoms with Gasteiger partial charge >= 0.3 is 0 Å². The fourth-order valence-corrected chi connectivity index (χ4v) is 2.99. The van der Waals surface area contributed by atoms with Crippen LogP contribution in [0.2, 0.25) is 0 Å². The number of hydrogen-bond acceptors (Lipinski definition) is 1. The summed E-state index contributed by atoms with van der Waals surface area (Å²) in [6.45, 7) is 0. The molecule has 0 amide bonds. The van der Waals surface area contributed by atoms with Crippen LogP contribution in [-0.4, -0.2) is 7.11 Å². The van der Waals surface area contributed by atoms with E-state index < -0.39 is 11.6 Å². The third-order valence-electron chi connectivity index (χ3n) is 4.54. The summed E-state index contributed by atoms with van der Waals surface area (Å²) in [5.74, 6) is 5.31. The number of halogens is 2. The summed E-state index contributed by atoms with van der Waals surface area (Å²) in [5, 5.41) is 1.27. The van der Waals surface area contributed by atoms with Crippen LogP contribution >= 0.6 is 0 Å². The fourth-order valence-electron chi connectivity index (χ4n) is 2.99. The summed E-state index contributed by atoms with van der Waals surface area (Å²) in [6, 6.07) is 23.5. The Morgan fingerprint density at radius 3 is 1.79 bits per heavy atom. The second-order valence-electron chi connectivity index (χ2n) is 6.38. The minimum Gasteiger partial charge on any atom is -0.497 e. The summed E-state index contributed by atoms with van der Waals surface area (Å²) in [6.07, 6.45) is 0. The van der Waals surface area contributed by atoms with Gasteiger partial charge in [0.15, 0.2) is 11.6 Å². The molecule has 0 unspecified atom stereocenters. The van der Waals surface area contributed by atoms with E-state index in [0.29, 0.717) is 10.8 Å². The van der Waals surface area contributed by atoms with E-state index in [-0.39, 0.29) is 0 Å². The van der Waals surface area contributed by atoms with Crippen LogP contribution in [0, 0.1) is 23.5 Å². The maximum atomic E-state index is 13.4. The molecule has 0 atom stereocenters.